The van der Waals surface area contributed by atoms with Crippen molar-refractivity contribution in [1.29, 1.82) is 0 Å². The van der Waals surface area contributed by atoms with Gasteiger partial charge in [-0.1, -0.05) is 18.6 Å². The quantitative estimate of drug-likeness (QED) is 0.928. The standard InChI is InChI=1S/C14H24N4OS/c1-2-3-12-13(15)16-17-18(12)11-4-7-19-14(10-11)5-8-20-9-6-14/h11H,2-10,15H2,1H3. The molecule has 1 aromatic heterocycles. The number of hydrogen-bond donors (Lipinski definition) is 1. The van der Waals surface area contributed by atoms with Crippen LogP contribution in [0.5, 0.6) is 0 Å². The van der Waals surface area contributed by atoms with E-state index in [0.29, 0.717) is 11.9 Å². The minimum absolute atomic E-state index is 0.0817. The van der Waals surface area contributed by atoms with E-state index in [0.717, 1.165) is 38.0 Å². The van der Waals surface area contributed by atoms with Gasteiger partial charge in [-0.15, -0.1) is 5.10 Å². The summed E-state index contributed by atoms with van der Waals surface area (Å²) < 4.78 is 8.25. The Bertz CT molecular complexity index is 451. The van der Waals surface area contributed by atoms with Gasteiger partial charge in [0.05, 0.1) is 17.3 Å². The van der Waals surface area contributed by atoms with Gasteiger partial charge in [0.2, 0.25) is 0 Å². The lowest BCUT2D eigenvalue weighted by molar-refractivity contribution is -0.101. The normalized spacial score (nSPS) is 25.9. The molecule has 2 aliphatic rings. The van der Waals surface area contributed by atoms with Crippen molar-refractivity contribution in [2.75, 3.05) is 23.8 Å². The summed E-state index contributed by atoms with van der Waals surface area (Å²) in [6.07, 6.45) is 6.45. The molecule has 1 atom stereocenters. The predicted molar refractivity (Wildman–Crippen MR) is 81.9 cm³/mol. The minimum atomic E-state index is 0.0817. The van der Waals surface area contributed by atoms with Crippen molar-refractivity contribution in [1.82, 2.24) is 15.0 Å². The maximum absolute atomic E-state index is 6.16. The summed E-state index contributed by atoms with van der Waals surface area (Å²) in [7, 11) is 0. The zero-order chi connectivity index (χ0) is 14.0. The van der Waals surface area contributed by atoms with E-state index in [1.807, 2.05) is 11.8 Å². The molecule has 2 N–H and O–H groups in total. The number of ether oxygens (including phenoxy) is 1. The van der Waals surface area contributed by atoms with Crippen LogP contribution in [0.25, 0.3) is 0 Å². The fourth-order valence-corrected chi connectivity index (χ4v) is 4.64. The molecule has 3 rings (SSSR count). The van der Waals surface area contributed by atoms with Crippen LogP contribution in [0.15, 0.2) is 0 Å². The fourth-order valence-electron chi connectivity index (χ4n) is 3.40. The lowest BCUT2D eigenvalue weighted by atomic mass is 9.85. The first-order valence-corrected chi connectivity index (χ1v) is 8.81. The average Bonchev–Trinajstić information content (AvgIpc) is 2.82. The monoisotopic (exact) mass is 296 g/mol. The van der Waals surface area contributed by atoms with Crippen LogP contribution in [-0.2, 0) is 11.2 Å². The highest BCUT2D eigenvalue weighted by molar-refractivity contribution is 7.99. The molecule has 0 aliphatic carbocycles. The third-order valence-electron chi connectivity index (χ3n) is 4.52. The Morgan fingerprint density at radius 2 is 2.25 bits per heavy atom. The van der Waals surface area contributed by atoms with Crippen molar-refractivity contribution in [3.63, 3.8) is 0 Å². The molecule has 1 spiro atoms. The average molecular weight is 296 g/mol. The summed E-state index contributed by atoms with van der Waals surface area (Å²) >= 11 is 2.04. The van der Waals surface area contributed by atoms with E-state index in [2.05, 4.69) is 21.9 Å². The molecule has 1 aromatic rings. The molecule has 0 amide bonds. The SMILES string of the molecule is CCCc1c(N)nnn1C1CCOC2(CCSCC2)C1. The van der Waals surface area contributed by atoms with Gasteiger partial charge in [-0.05, 0) is 43.6 Å². The number of nitrogens with zero attached hydrogens (tertiary/aromatic N) is 3. The first-order valence-electron chi connectivity index (χ1n) is 7.65. The zero-order valence-corrected chi connectivity index (χ0v) is 13.0. The van der Waals surface area contributed by atoms with Gasteiger partial charge in [0.25, 0.3) is 0 Å². The predicted octanol–water partition coefficient (Wildman–Crippen LogP) is 2.43. The molecule has 0 bridgehead atoms. The molecule has 5 nitrogen and oxygen atoms in total. The second kappa shape index (κ2) is 5.93. The summed E-state index contributed by atoms with van der Waals surface area (Å²) in [5, 5.41) is 8.41. The van der Waals surface area contributed by atoms with E-state index < -0.39 is 0 Å². The molecule has 0 saturated carbocycles. The number of rotatable bonds is 3. The van der Waals surface area contributed by atoms with Crippen LogP contribution in [0.3, 0.4) is 0 Å². The Morgan fingerprint density at radius 3 is 3.00 bits per heavy atom. The highest BCUT2D eigenvalue weighted by atomic mass is 32.2. The fraction of sp³-hybridized carbons (Fsp3) is 0.857. The molecule has 0 aromatic carbocycles. The summed E-state index contributed by atoms with van der Waals surface area (Å²) in [6.45, 7) is 3.00. The molecule has 6 heteroatoms. The van der Waals surface area contributed by atoms with Gasteiger partial charge in [0.15, 0.2) is 5.82 Å². The molecule has 3 heterocycles. The Kier molecular flexibility index (Phi) is 4.21. The topological polar surface area (TPSA) is 66.0 Å². The molecular weight excluding hydrogens is 272 g/mol. The van der Waals surface area contributed by atoms with Crippen LogP contribution in [0.2, 0.25) is 0 Å². The van der Waals surface area contributed by atoms with Crippen molar-refractivity contribution >= 4 is 17.6 Å². The van der Waals surface area contributed by atoms with Crippen LogP contribution in [0, 0.1) is 0 Å². The summed E-state index contributed by atoms with van der Waals surface area (Å²) in [5.41, 5.74) is 7.17. The highest BCUT2D eigenvalue weighted by Crippen LogP contribution is 2.41. The molecule has 112 valence electrons. The highest BCUT2D eigenvalue weighted by Gasteiger charge is 2.40. The maximum Gasteiger partial charge on any atom is 0.169 e. The van der Waals surface area contributed by atoms with Crippen molar-refractivity contribution in [2.24, 2.45) is 0 Å². The second-order valence-corrected chi connectivity index (χ2v) is 7.13. The Morgan fingerprint density at radius 1 is 1.45 bits per heavy atom. The van der Waals surface area contributed by atoms with Crippen LogP contribution < -0.4 is 5.73 Å². The van der Waals surface area contributed by atoms with Gasteiger partial charge in [0.1, 0.15) is 0 Å². The van der Waals surface area contributed by atoms with Crippen molar-refractivity contribution in [2.45, 2.75) is 57.1 Å². The van der Waals surface area contributed by atoms with Gasteiger partial charge in [-0.3, -0.25) is 0 Å². The van der Waals surface area contributed by atoms with Crippen LogP contribution in [-0.4, -0.2) is 38.7 Å². The van der Waals surface area contributed by atoms with Crippen molar-refractivity contribution in [3.05, 3.63) is 5.69 Å². The van der Waals surface area contributed by atoms with Gasteiger partial charge in [-0.25, -0.2) is 4.68 Å². The van der Waals surface area contributed by atoms with Crippen LogP contribution in [0.1, 0.15) is 50.8 Å². The zero-order valence-electron chi connectivity index (χ0n) is 12.2. The van der Waals surface area contributed by atoms with Crippen LogP contribution in [0.4, 0.5) is 5.82 Å². The molecule has 2 aliphatic heterocycles. The molecular formula is C14H24N4OS. The minimum Gasteiger partial charge on any atom is -0.381 e. The van der Waals surface area contributed by atoms with E-state index in [9.17, 15) is 0 Å². The van der Waals surface area contributed by atoms with E-state index in [1.54, 1.807) is 0 Å². The number of anilines is 1. The third kappa shape index (κ3) is 2.68. The number of hydrogen-bond acceptors (Lipinski definition) is 5. The smallest absolute Gasteiger partial charge is 0.169 e. The first-order chi connectivity index (χ1) is 9.74. The molecule has 0 radical (unpaired) electrons. The lowest BCUT2D eigenvalue weighted by Crippen LogP contribution is -2.43. The summed E-state index contributed by atoms with van der Waals surface area (Å²) in [4.78, 5) is 0. The summed E-state index contributed by atoms with van der Waals surface area (Å²) in [5.74, 6) is 3.04. The largest absolute Gasteiger partial charge is 0.381 e. The van der Waals surface area contributed by atoms with Crippen LogP contribution >= 0.6 is 11.8 Å². The Hall–Kier alpha value is -0.750. The number of nitrogens with two attached hydrogens (primary N) is 1. The lowest BCUT2D eigenvalue weighted by Gasteiger charge is -2.43. The van der Waals surface area contributed by atoms with E-state index in [4.69, 9.17) is 10.5 Å². The van der Waals surface area contributed by atoms with Gasteiger partial charge in [0, 0.05) is 6.61 Å². The number of nitrogen functional groups attached to an aromatic ring is 1. The van der Waals surface area contributed by atoms with E-state index in [-0.39, 0.29) is 5.60 Å². The first kappa shape index (κ1) is 14.2. The molecule has 2 saturated heterocycles. The Balaban J connectivity index is 1.79. The summed E-state index contributed by atoms with van der Waals surface area (Å²) in [6, 6.07) is 0.401. The number of thioether (sulfide) groups is 1. The van der Waals surface area contributed by atoms with Gasteiger partial charge < -0.3 is 10.5 Å². The third-order valence-corrected chi connectivity index (χ3v) is 5.51. The van der Waals surface area contributed by atoms with Gasteiger partial charge in [-0.2, -0.15) is 11.8 Å². The molecule has 2 fully saturated rings. The van der Waals surface area contributed by atoms with Crippen molar-refractivity contribution < 1.29 is 4.74 Å². The van der Waals surface area contributed by atoms with E-state index in [1.165, 1.54) is 24.3 Å². The number of aromatic nitrogens is 3. The second-order valence-electron chi connectivity index (χ2n) is 5.91. The van der Waals surface area contributed by atoms with Gasteiger partial charge >= 0.3 is 0 Å². The molecule has 1 unspecified atom stereocenters. The molecule has 20 heavy (non-hydrogen) atoms. The van der Waals surface area contributed by atoms with E-state index >= 15 is 0 Å². The Labute approximate surface area is 124 Å². The maximum atomic E-state index is 6.16. The van der Waals surface area contributed by atoms with Crippen molar-refractivity contribution in [3.8, 4) is 0 Å².